The van der Waals surface area contributed by atoms with Gasteiger partial charge in [0.1, 0.15) is 17.6 Å². The van der Waals surface area contributed by atoms with Crippen molar-refractivity contribution in [1.82, 2.24) is 0 Å². The van der Waals surface area contributed by atoms with E-state index in [0.717, 1.165) is 16.9 Å². The molecule has 90 valence electrons. The van der Waals surface area contributed by atoms with Gasteiger partial charge in [-0.3, -0.25) is 4.79 Å². The fourth-order valence-electron chi connectivity index (χ4n) is 2.21. The molecule has 2 rings (SSSR count). The quantitative estimate of drug-likeness (QED) is 0.643. The van der Waals surface area contributed by atoms with E-state index >= 15 is 0 Å². The maximum absolute atomic E-state index is 11.5. The summed E-state index contributed by atoms with van der Waals surface area (Å²) < 4.78 is 5.69. The first-order chi connectivity index (χ1) is 8.04. The van der Waals surface area contributed by atoms with Crippen LogP contribution in [0.15, 0.2) is 18.7 Å². The Kier molecular flexibility index (Phi) is 2.92. The van der Waals surface area contributed by atoms with Gasteiger partial charge in [0.25, 0.3) is 0 Å². The molecule has 1 aliphatic rings. The van der Waals surface area contributed by atoms with Crippen molar-refractivity contribution in [2.24, 2.45) is 0 Å². The number of aromatic hydroxyl groups is 1. The number of ketones is 1. The molecule has 1 heterocycles. The summed E-state index contributed by atoms with van der Waals surface area (Å²) in [6.45, 7) is 7.10. The van der Waals surface area contributed by atoms with E-state index in [-0.39, 0.29) is 17.6 Å². The van der Waals surface area contributed by atoms with Crippen molar-refractivity contribution in [1.29, 1.82) is 0 Å². The summed E-state index contributed by atoms with van der Waals surface area (Å²) in [5.74, 6) is 0.666. The molecule has 0 spiro atoms. The van der Waals surface area contributed by atoms with E-state index in [1.807, 2.05) is 6.92 Å². The average Bonchev–Trinajstić information content (AvgIpc) is 2.64. The van der Waals surface area contributed by atoms with Crippen LogP contribution in [0.25, 0.3) is 0 Å². The van der Waals surface area contributed by atoms with E-state index in [9.17, 15) is 9.90 Å². The number of hydrogen-bond acceptors (Lipinski definition) is 3. The standard InChI is InChI=1S/C14H16O3/c1-4-5-10-7-11(9(3)15)13(16)12-6-8(2)17-14(10)12/h4,7-8,16H,1,5-6H2,2-3H3. The van der Waals surface area contributed by atoms with Gasteiger partial charge < -0.3 is 9.84 Å². The fraction of sp³-hybridized carbons (Fsp3) is 0.357. The molecular formula is C14H16O3. The summed E-state index contributed by atoms with van der Waals surface area (Å²) in [5.41, 5.74) is 2.04. The second-order valence-corrected chi connectivity index (χ2v) is 4.42. The smallest absolute Gasteiger partial charge is 0.163 e. The lowest BCUT2D eigenvalue weighted by Crippen LogP contribution is -2.05. The molecule has 1 atom stereocenters. The maximum atomic E-state index is 11.5. The lowest BCUT2D eigenvalue weighted by Gasteiger charge is -2.11. The Balaban J connectivity index is 2.62. The van der Waals surface area contributed by atoms with Crippen LogP contribution < -0.4 is 4.74 Å². The highest BCUT2D eigenvalue weighted by atomic mass is 16.5. The molecule has 3 nitrogen and oxygen atoms in total. The van der Waals surface area contributed by atoms with E-state index in [4.69, 9.17) is 4.74 Å². The van der Waals surface area contributed by atoms with Crippen LogP contribution in [0.1, 0.15) is 35.3 Å². The molecule has 0 amide bonds. The first-order valence-electron chi connectivity index (χ1n) is 5.70. The highest BCUT2D eigenvalue weighted by Crippen LogP contribution is 2.41. The van der Waals surface area contributed by atoms with E-state index in [1.165, 1.54) is 6.92 Å². The number of carbonyl (C=O) groups excluding carboxylic acids is 1. The minimum Gasteiger partial charge on any atom is -0.507 e. The second-order valence-electron chi connectivity index (χ2n) is 4.42. The van der Waals surface area contributed by atoms with Crippen LogP contribution in [0.4, 0.5) is 0 Å². The Morgan fingerprint density at radius 1 is 1.71 bits per heavy atom. The van der Waals surface area contributed by atoms with Gasteiger partial charge in [0.05, 0.1) is 5.56 Å². The van der Waals surface area contributed by atoms with Crippen molar-refractivity contribution in [2.75, 3.05) is 0 Å². The first-order valence-corrected chi connectivity index (χ1v) is 5.70. The van der Waals surface area contributed by atoms with Gasteiger partial charge in [-0.25, -0.2) is 0 Å². The molecule has 0 saturated carbocycles. The Bertz CT molecular complexity index is 489. The third-order valence-corrected chi connectivity index (χ3v) is 2.98. The van der Waals surface area contributed by atoms with E-state index < -0.39 is 0 Å². The topological polar surface area (TPSA) is 46.5 Å². The van der Waals surface area contributed by atoms with E-state index in [0.29, 0.717) is 18.4 Å². The number of hydrogen-bond donors (Lipinski definition) is 1. The van der Waals surface area contributed by atoms with Gasteiger partial charge in [-0.1, -0.05) is 6.08 Å². The van der Waals surface area contributed by atoms with Crippen molar-refractivity contribution >= 4 is 5.78 Å². The van der Waals surface area contributed by atoms with Gasteiger partial charge in [-0.15, -0.1) is 6.58 Å². The number of benzene rings is 1. The zero-order chi connectivity index (χ0) is 12.6. The van der Waals surface area contributed by atoms with Crippen LogP contribution in [0.3, 0.4) is 0 Å². The average molecular weight is 232 g/mol. The molecule has 0 saturated heterocycles. The molecule has 1 unspecified atom stereocenters. The maximum Gasteiger partial charge on any atom is 0.163 e. The van der Waals surface area contributed by atoms with Gasteiger partial charge in [0.2, 0.25) is 0 Å². The second kappa shape index (κ2) is 4.24. The molecule has 0 aliphatic carbocycles. The molecule has 1 aromatic rings. The zero-order valence-corrected chi connectivity index (χ0v) is 10.1. The number of phenols is 1. The van der Waals surface area contributed by atoms with Crippen molar-refractivity contribution in [2.45, 2.75) is 32.8 Å². The Morgan fingerprint density at radius 3 is 3.00 bits per heavy atom. The van der Waals surface area contributed by atoms with Crippen LogP contribution in [0, 0.1) is 0 Å². The molecule has 1 aromatic carbocycles. The summed E-state index contributed by atoms with van der Waals surface area (Å²) in [4.78, 5) is 11.5. The summed E-state index contributed by atoms with van der Waals surface area (Å²) in [6, 6.07) is 1.70. The van der Waals surface area contributed by atoms with Crippen molar-refractivity contribution < 1.29 is 14.6 Å². The van der Waals surface area contributed by atoms with Crippen molar-refractivity contribution in [3.63, 3.8) is 0 Å². The normalized spacial score (nSPS) is 17.4. The lowest BCUT2D eigenvalue weighted by molar-refractivity contribution is 0.101. The number of rotatable bonds is 3. The summed E-state index contributed by atoms with van der Waals surface area (Å²) in [7, 11) is 0. The molecule has 1 N–H and O–H groups in total. The Labute approximate surface area is 101 Å². The highest BCUT2D eigenvalue weighted by molar-refractivity contribution is 5.98. The number of phenolic OH excluding ortho intramolecular Hbond substituents is 1. The third kappa shape index (κ3) is 1.93. The van der Waals surface area contributed by atoms with Gasteiger partial charge >= 0.3 is 0 Å². The van der Waals surface area contributed by atoms with Crippen LogP contribution in [-0.2, 0) is 12.8 Å². The third-order valence-electron chi connectivity index (χ3n) is 2.98. The molecule has 0 bridgehead atoms. The largest absolute Gasteiger partial charge is 0.507 e. The van der Waals surface area contributed by atoms with Gasteiger partial charge in [-0.05, 0) is 31.9 Å². The highest BCUT2D eigenvalue weighted by Gasteiger charge is 2.28. The molecule has 0 radical (unpaired) electrons. The molecule has 3 heteroatoms. The van der Waals surface area contributed by atoms with Crippen LogP contribution in [-0.4, -0.2) is 17.0 Å². The fourth-order valence-corrected chi connectivity index (χ4v) is 2.21. The predicted octanol–water partition coefficient (Wildman–Crippen LogP) is 2.65. The molecule has 1 aliphatic heterocycles. The van der Waals surface area contributed by atoms with E-state index in [1.54, 1.807) is 12.1 Å². The van der Waals surface area contributed by atoms with Crippen LogP contribution >= 0.6 is 0 Å². The van der Waals surface area contributed by atoms with Crippen molar-refractivity contribution in [3.8, 4) is 11.5 Å². The monoisotopic (exact) mass is 232 g/mol. The van der Waals surface area contributed by atoms with Crippen LogP contribution in [0.2, 0.25) is 0 Å². The predicted molar refractivity (Wildman–Crippen MR) is 65.8 cm³/mol. The van der Waals surface area contributed by atoms with E-state index in [2.05, 4.69) is 6.58 Å². The SMILES string of the molecule is C=CCc1cc(C(C)=O)c(O)c2c1OC(C)C2. The lowest BCUT2D eigenvalue weighted by atomic mass is 9.97. The summed E-state index contributed by atoms with van der Waals surface area (Å²) >= 11 is 0. The Hall–Kier alpha value is -1.77. The Morgan fingerprint density at radius 2 is 2.41 bits per heavy atom. The zero-order valence-electron chi connectivity index (χ0n) is 10.1. The number of ether oxygens (including phenoxy) is 1. The minimum absolute atomic E-state index is 0.0432. The van der Waals surface area contributed by atoms with Gasteiger partial charge in [0, 0.05) is 12.0 Å². The minimum atomic E-state index is -0.129. The summed E-state index contributed by atoms with van der Waals surface area (Å²) in [6.07, 6.45) is 3.09. The van der Waals surface area contributed by atoms with Gasteiger partial charge in [0.15, 0.2) is 5.78 Å². The van der Waals surface area contributed by atoms with Crippen LogP contribution in [0.5, 0.6) is 11.5 Å². The van der Waals surface area contributed by atoms with Gasteiger partial charge in [-0.2, -0.15) is 0 Å². The molecule has 17 heavy (non-hydrogen) atoms. The van der Waals surface area contributed by atoms with Crippen molar-refractivity contribution in [3.05, 3.63) is 35.4 Å². The number of allylic oxidation sites excluding steroid dienone is 1. The molecular weight excluding hydrogens is 216 g/mol. The number of carbonyl (C=O) groups is 1. The number of Topliss-reactive ketones (excluding diaryl/α,β-unsaturated/α-hetero) is 1. The number of fused-ring (bicyclic) bond motifs is 1. The summed E-state index contributed by atoms with van der Waals surface area (Å²) in [5, 5.41) is 10.1. The molecule has 0 fully saturated rings. The first kappa shape index (κ1) is 11.7. The molecule has 0 aromatic heterocycles.